The first kappa shape index (κ1) is 22.2. The summed E-state index contributed by atoms with van der Waals surface area (Å²) in [5.74, 6) is -0.970. The molecule has 0 unspecified atom stereocenters. The number of ether oxygens (including phenoxy) is 1. The molecule has 1 atom stereocenters. The van der Waals surface area contributed by atoms with Crippen LogP contribution >= 0.6 is 11.6 Å². The molecule has 30 heavy (non-hydrogen) atoms. The molecule has 0 saturated carbocycles. The Bertz CT molecular complexity index is 1050. The standard InChI is InChI=1S/C20H22ClN3O5S/c21-17-6-2-1-4-13(17)10-19(25)24-14-7-8-16(18(11-14)30(22,27)28)20(26)23-12-15-5-3-9-29-15/h1-2,4,6-8,11,15H,3,5,9-10,12H2,(H,23,26)(H,24,25)(H2,22,27,28)/t15-/m0/s1. The molecule has 0 aliphatic carbocycles. The summed E-state index contributed by atoms with van der Waals surface area (Å²) < 4.78 is 29.5. The first-order valence-electron chi connectivity index (χ1n) is 9.34. The number of hydrogen-bond acceptors (Lipinski definition) is 5. The van der Waals surface area contributed by atoms with E-state index in [4.69, 9.17) is 21.5 Å². The molecule has 1 aliphatic rings. The fourth-order valence-electron chi connectivity index (χ4n) is 3.15. The van der Waals surface area contributed by atoms with Gasteiger partial charge in [-0.25, -0.2) is 13.6 Å². The molecule has 0 bridgehead atoms. The first-order chi connectivity index (χ1) is 14.2. The summed E-state index contributed by atoms with van der Waals surface area (Å²) in [7, 11) is -4.20. The summed E-state index contributed by atoms with van der Waals surface area (Å²) in [6, 6.07) is 10.8. The number of amides is 2. The number of benzene rings is 2. The molecule has 10 heteroatoms. The Morgan fingerprint density at radius 1 is 1.20 bits per heavy atom. The van der Waals surface area contributed by atoms with Gasteiger partial charge >= 0.3 is 0 Å². The molecule has 1 saturated heterocycles. The fourth-order valence-corrected chi connectivity index (χ4v) is 4.11. The van der Waals surface area contributed by atoms with E-state index in [1.165, 1.54) is 18.2 Å². The quantitative estimate of drug-likeness (QED) is 0.593. The third-order valence-corrected chi connectivity index (χ3v) is 5.96. The molecule has 0 radical (unpaired) electrons. The van der Waals surface area contributed by atoms with Crippen molar-refractivity contribution in [3.63, 3.8) is 0 Å². The smallest absolute Gasteiger partial charge is 0.252 e. The van der Waals surface area contributed by atoms with Gasteiger partial charge in [-0.1, -0.05) is 29.8 Å². The van der Waals surface area contributed by atoms with E-state index in [1.54, 1.807) is 24.3 Å². The molecule has 3 rings (SSSR count). The van der Waals surface area contributed by atoms with E-state index in [0.717, 1.165) is 12.8 Å². The number of halogens is 1. The normalized spacial score (nSPS) is 16.3. The second kappa shape index (κ2) is 9.57. The number of anilines is 1. The maximum atomic E-state index is 12.5. The van der Waals surface area contributed by atoms with Crippen molar-refractivity contribution in [2.75, 3.05) is 18.5 Å². The van der Waals surface area contributed by atoms with Crippen LogP contribution in [-0.4, -0.2) is 39.5 Å². The Morgan fingerprint density at radius 2 is 1.97 bits per heavy atom. The van der Waals surface area contributed by atoms with Gasteiger partial charge in [0, 0.05) is 23.9 Å². The van der Waals surface area contributed by atoms with E-state index in [0.29, 0.717) is 17.2 Å². The van der Waals surface area contributed by atoms with Crippen LogP contribution in [-0.2, 0) is 26.0 Å². The van der Waals surface area contributed by atoms with Crippen molar-refractivity contribution < 1.29 is 22.7 Å². The molecule has 1 fully saturated rings. The number of nitrogens with two attached hydrogens (primary N) is 1. The number of carbonyl (C=O) groups is 2. The van der Waals surface area contributed by atoms with Gasteiger partial charge in [0.1, 0.15) is 0 Å². The second-order valence-electron chi connectivity index (χ2n) is 6.92. The van der Waals surface area contributed by atoms with Crippen molar-refractivity contribution in [3.8, 4) is 0 Å². The highest BCUT2D eigenvalue weighted by molar-refractivity contribution is 7.89. The Labute approximate surface area is 179 Å². The van der Waals surface area contributed by atoms with Crippen LogP contribution in [0.4, 0.5) is 5.69 Å². The molecule has 4 N–H and O–H groups in total. The number of hydrogen-bond donors (Lipinski definition) is 3. The molecule has 2 aromatic rings. The van der Waals surface area contributed by atoms with Crippen molar-refractivity contribution >= 4 is 39.1 Å². The molecule has 0 aromatic heterocycles. The fraction of sp³-hybridized carbons (Fsp3) is 0.300. The summed E-state index contributed by atoms with van der Waals surface area (Å²) in [6.07, 6.45) is 1.67. The van der Waals surface area contributed by atoms with Gasteiger partial charge in [0.15, 0.2) is 0 Å². The van der Waals surface area contributed by atoms with Gasteiger partial charge < -0.3 is 15.4 Å². The Balaban J connectivity index is 1.74. The van der Waals surface area contributed by atoms with Crippen molar-refractivity contribution in [2.24, 2.45) is 5.14 Å². The van der Waals surface area contributed by atoms with Crippen LogP contribution < -0.4 is 15.8 Å². The maximum absolute atomic E-state index is 12.5. The highest BCUT2D eigenvalue weighted by Gasteiger charge is 2.22. The van der Waals surface area contributed by atoms with Crippen LogP contribution in [0.3, 0.4) is 0 Å². The molecule has 160 valence electrons. The first-order valence-corrected chi connectivity index (χ1v) is 11.3. The summed E-state index contributed by atoms with van der Waals surface area (Å²) in [6.45, 7) is 0.921. The van der Waals surface area contributed by atoms with Gasteiger partial charge in [-0.15, -0.1) is 0 Å². The van der Waals surface area contributed by atoms with Crippen LogP contribution in [0.15, 0.2) is 47.4 Å². The van der Waals surface area contributed by atoms with Crippen LogP contribution in [0, 0.1) is 0 Å². The molecular formula is C20H22ClN3O5S. The monoisotopic (exact) mass is 451 g/mol. The topological polar surface area (TPSA) is 128 Å². The predicted molar refractivity (Wildman–Crippen MR) is 113 cm³/mol. The van der Waals surface area contributed by atoms with Crippen molar-refractivity contribution in [1.29, 1.82) is 0 Å². The minimum absolute atomic E-state index is 0.00794. The van der Waals surface area contributed by atoms with Gasteiger partial charge in [0.25, 0.3) is 5.91 Å². The lowest BCUT2D eigenvalue weighted by atomic mass is 10.1. The highest BCUT2D eigenvalue weighted by Crippen LogP contribution is 2.21. The van der Waals surface area contributed by atoms with Crippen LogP contribution in [0.2, 0.25) is 5.02 Å². The van der Waals surface area contributed by atoms with Crippen LogP contribution in [0.25, 0.3) is 0 Å². The lowest BCUT2D eigenvalue weighted by molar-refractivity contribution is -0.115. The Hall–Kier alpha value is -2.46. The Kier molecular flexibility index (Phi) is 7.09. The lowest BCUT2D eigenvalue weighted by Crippen LogP contribution is -2.33. The summed E-state index contributed by atoms with van der Waals surface area (Å²) in [4.78, 5) is 24.4. The molecular weight excluding hydrogens is 430 g/mol. The average molecular weight is 452 g/mol. The van der Waals surface area contributed by atoms with E-state index < -0.39 is 15.9 Å². The highest BCUT2D eigenvalue weighted by atomic mass is 35.5. The van der Waals surface area contributed by atoms with Gasteiger partial charge in [-0.3, -0.25) is 9.59 Å². The molecule has 2 amide bonds. The largest absolute Gasteiger partial charge is 0.376 e. The number of carbonyl (C=O) groups excluding carboxylic acids is 2. The minimum atomic E-state index is -4.20. The van der Waals surface area contributed by atoms with Gasteiger partial charge in [0.05, 0.1) is 23.0 Å². The minimum Gasteiger partial charge on any atom is -0.376 e. The summed E-state index contributed by atoms with van der Waals surface area (Å²) >= 11 is 6.06. The molecule has 1 heterocycles. The lowest BCUT2D eigenvalue weighted by Gasteiger charge is -2.14. The second-order valence-corrected chi connectivity index (χ2v) is 8.85. The molecule has 1 aliphatic heterocycles. The summed E-state index contributed by atoms with van der Waals surface area (Å²) in [5.41, 5.74) is 0.736. The molecule has 0 spiro atoms. The number of sulfonamides is 1. The van der Waals surface area contributed by atoms with Crippen LogP contribution in [0.1, 0.15) is 28.8 Å². The third-order valence-electron chi connectivity index (χ3n) is 4.64. The average Bonchev–Trinajstić information content (AvgIpc) is 3.21. The third kappa shape index (κ3) is 5.79. The van der Waals surface area contributed by atoms with Gasteiger partial charge in [0.2, 0.25) is 15.9 Å². The number of rotatable bonds is 7. The Morgan fingerprint density at radius 3 is 2.63 bits per heavy atom. The van der Waals surface area contributed by atoms with E-state index in [-0.39, 0.29) is 41.1 Å². The van der Waals surface area contributed by atoms with Gasteiger partial charge in [-0.2, -0.15) is 0 Å². The zero-order valence-corrected chi connectivity index (χ0v) is 17.6. The van der Waals surface area contributed by atoms with E-state index in [2.05, 4.69) is 10.6 Å². The zero-order valence-electron chi connectivity index (χ0n) is 16.1. The van der Waals surface area contributed by atoms with Crippen molar-refractivity contribution in [2.45, 2.75) is 30.3 Å². The summed E-state index contributed by atoms with van der Waals surface area (Å²) in [5, 5.41) is 11.0. The van der Waals surface area contributed by atoms with Crippen molar-refractivity contribution in [3.05, 3.63) is 58.6 Å². The maximum Gasteiger partial charge on any atom is 0.252 e. The van der Waals surface area contributed by atoms with E-state index in [9.17, 15) is 18.0 Å². The van der Waals surface area contributed by atoms with Gasteiger partial charge in [-0.05, 0) is 42.7 Å². The zero-order chi connectivity index (χ0) is 21.7. The SMILES string of the molecule is NS(=O)(=O)c1cc(NC(=O)Cc2ccccc2Cl)ccc1C(=O)NC[C@@H]1CCCO1. The number of nitrogens with one attached hydrogen (secondary N) is 2. The van der Waals surface area contributed by atoms with E-state index >= 15 is 0 Å². The van der Waals surface area contributed by atoms with Crippen molar-refractivity contribution in [1.82, 2.24) is 5.32 Å². The van der Waals surface area contributed by atoms with E-state index in [1.807, 2.05) is 0 Å². The van der Waals surface area contributed by atoms with Crippen LogP contribution in [0.5, 0.6) is 0 Å². The predicted octanol–water partition coefficient (Wildman–Crippen LogP) is 2.08. The number of primary sulfonamides is 1. The molecule has 8 nitrogen and oxygen atoms in total. The molecule has 2 aromatic carbocycles.